The van der Waals surface area contributed by atoms with Crippen molar-refractivity contribution in [2.75, 3.05) is 13.2 Å². The number of H-pyrrole nitrogens is 1. The SMILES string of the molecule is CC(C)=CCCC(C)=CCOc1ccc2[nH]cc(CCNCc3ccc(C=CC(=O)NO)cc3)c2c1. The summed E-state index contributed by atoms with van der Waals surface area (Å²) in [5.74, 6) is 0.338. The number of ether oxygens (including phenoxy) is 1. The Labute approximate surface area is 213 Å². The van der Waals surface area contributed by atoms with E-state index in [1.54, 1.807) is 11.6 Å². The van der Waals surface area contributed by atoms with E-state index in [-0.39, 0.29) is 0 Å². The number of carbonyl (C=O) groups is 1. The summed E-state index contributed by atoms with van der Waals surface area (Å²) in [5.41, 5.74) is 8.73. The van der Waals surface area contributed by atoms with Crippen LogP contribution in [0.25, 0.3) is 17.0 Å². The van der Waals surface area contributed by atoms with Crippen molar-refractivity contribution in [3.8, 4) is 5.75 Å². The second kappa shape index (κ2) is 14.1. The van der Waals surface area contributed by atoms with Gasteiger partial charge in [-0.3, -0.25) is 10.0 Å². The second-order valence-corrected chi connectivity index (χ2v) is 9.18. The van der Waals surface area contributed by atoms with Crippen LogP contribution in [0.1, 0.15) is 50.3 Å². The first-order valence-electron chi connectivity index (χ1n) is 12.4. The van der Waals surface area contributed by atoms with Crippen LogP contribution in [0.3, 0.4) is 0 Å². The Morgan fingerprint density at radius 2 is 1.89 bits per heavy atom. The van der Waals surface area contributed by atoms with Crippen molar-refractivity contribution < 1.29 is 14.7 Å². The minimum Gasteiger partial charge on any atom is -0.490 e. The smallest absolute Gasteiger partial charge is 0.267 e. The summed E-state index contributed by atoms with van der Waals surface area (Å²) >= 11 is 0. The van der Waals surface area contributed by atoms with Crippen LogP contribution in [0.15, 0.2) is 78.0 Å². The molecule has 0 saturated heterocycles. The zero-order chi connectivity index (χ0) is 25.8. The van der Waals surface area contributed by atoms with Crippen LogP contribution >= 0.6 is 0 Å². The Morgan fingerprint density at radius 3 is 2.64 bits per heavy atom. The lowest BCUT2D eigenvalue weighted by atomic mass is 10.1. The molecule has 1 amide bonds. The van der Waals surface area contributed by atoms with Gasteiger partial charge in [0.25, 0.3) is 5.91 Å². The monoisotopic (exact) mass is 487 g/mol. The lowest BCUT2D eigenvalue weighted by Gasteiger charge is -2.07. The van der Waals surface area contributed by atoms with Crippen molar-refractivity contribution in [1.29, 1.82) is 0 Å². The van der Waals surface area contributed by atoms with Gasteiger partial charge in [0, 0.05) is 29.7 Å². The van der Waals surface area contributed by atoms with Crippen molar-refractivity contribution in [3.63, 3.8) is 0 Å². The van der Waals surface area contributed by atoms with Crippen LogP contribution in [-0.2, 0) is 17.8 Å². The lowest BCUT2D eigenvalue weighted by molar-refractivity contribution is -0.124. The highest BCUT2D eigenvalue weighted by Gasteiger charge is 2.06. The van der Waals surface area contributed by atoms with Gasteiger partial charge in [-0.05, 0) is 93.6 Å². The topological polar surface area (TPSA) is 86.4 Å². The van der Waals surface area contributed by atoms with E-state index in [9.17, 15) is 4.79 Å². The third kappa shape index (κ3) is 8.87. The summed E-state index contributed by atoms with van der Waals surface area (Å²) in [4.78, 5) is 14.4. The summed E-state index contributed by atoms with van der Waals surface area (Å²) < 4.78 is 6.01. The Bertz CT molecular complexity index is 1220. The maximum Gasteiger partial charge on any atom is 0.267 e. The standard InChI is InChI=1S/C30H37N3O3/c1-22(2)5-4-6-23(3)16-18-36-27-12-13-29-28(19-27)26(21-32-29)15-17-31-20-25-9-7-24(8-10-25)11-14-30(34)33-35/h5,7-14,16,19,21,31-32,35H,4,6,15,17-18,20H2,1-3H3,(H,33,34). The van der Waals surface area contributed by atoms with E-state index in [2.05, 4.69) is 61.6 Å². The van der Waals surface area contributed by atoms with Crippen LogP contribution in [0, 0.1) is 0 Å². The molecule has 4 N–H and O–H groups in total. The number of nitrogens with one attached hydrogen (secondary N) is 3. The van der Waals surface area contributed by atoms with Crippen molar-refractivity contribution >= 4 is 22.9 Å². The molecule has 0 aliphatic rings. The molecule has 2 aromatic carbocycles. The highest BCUT2D eigenvalue weighted by molar-refractivity contribution is 5.90. The molecule has 3 rings (SSSR count). The van der Waals surface area contributed by atoms with Gasteiger partial charge in [-0.25, -0.2) is 5.48 Å². The number of hydrogen-bond donors (Lipinski definition) is 4. The van der Waals surface area contributed by atoms with E-state index in [1.165, 1.54) is 28.2 Å². The van der Waals surface area contributed by atoms with E-state index in [0.717, 1.165) is 54.7 Å². The Morgan fingerprint density at radius 1 is 1.08 bits per heavy atom. The van der Waals surface area contributed by atoms with Crippen LogP contribution < -0.4 is 15.5 Å². The third-order valence-electron chi connectivity index (χ3n) is 5.93. The zero-order valence-corrected chi connectivity index (χ0v) is 21.4. The van der Waals surface area contributed by atoms with Gasteiger partial charge < -0.3 is 15.0 Å². The van der Waals surface area contributed by atoms with Crippen molar-refractivity contribution in [2.24, 2.45) is 0 Å². The molecule has 0 bridgehead atoms. The Balaban J connectivity index is 1.47. The van der Waals surface area contributed by atoms with Gasteiger partial charge >= 0.3 is 0 Å². The largest absolute Gasteiger partial charge is 0.490 e. The first kappa shape index (κ1) is 27.0. The van der Waals surface area contributed by atoms with Gasteiger partial charge in [-0.1, -0.05) is 41.5 Å². The minimum absolute atomic E-state index is 0.547. The fourth-order valence-corrected chi connectivity index (χ4v) is 3.84. The summed E-state index contributed by atoms with van der Waals surface area (Å²) in [6.45, 7) is 8.62. The molecule has 36 heavy (non-hydrogen) atoms. The van der Waals surface area contributed by atoms with E-state index < -0.39 is 5.91 Å². The summed E-state index contributed by atoms with van der Waals surface area (Å²) in [6, 6.07) is 14.2. The number of amides is 1. The molecule has 0 unspecified atom stereocenters. The summed E-state index contributed by atoms with van der Waals surface area (Å²) in [6.07, 6.45) is 12.5. The zero-order valence-electron chi connectivity index (χ0n) is 21.4. The number of aromatic amines is 1. The van der Waals surface area contributed by atoms with Crippen LogP contribution in [-0.4, -0.2) is 29.3 Å². The van der Waals surface area contributed by atoms with Crippen molar-refractivity contribution in [2.45, 2.75) is 46.6 Å². The molecule has 0 fully saturated rings. The molecule has 0 radical (unpaired) electrons. The van der Waals surface area contributed by atoms with Crippen LogP contribution in [0.5, 0.6) is 5.75 Å². The van der Waals surface area contributed by atoms with Crippen LogP contribution in [0.2, 0.25) is 0 Å². The van der Waals surface area contributed by atoms with Gasteiger partial charge in [-0.15, -0.1) is 0 Å². The van der Waals surface area contributed by atoms with E-state index >= 15 is 0 Å². The maximum atomic E-state index is 11.1. The fourth-order valence-electron chi connectivity index (χ4n) is 3.84. The van der Waals surface area contributed by atoms with Gasteiger partial charge in [0.2, 0.25) is 0 Å². The average Bonchev–Trinajstić information content (AvgIpc) is 3.27. The maximum absolute atomic E-state index is 11.1. The number of hydroxylamine groups is 1. The Kier molecular flexibility index (Phi) is 10.5. The molecule has 6 nitrogen and oxygen atoms in total. The predicted molar refractivity (Wildman–Crippen MR) is 147 cm³/mol. The molecular weight excluding hydrogens is 450 g/mol. The highest BCUT2D eigenvalue weighted by Crippen LogP contribution is 2.24. The molecule has 0 saturated carbocycles. The van der Waals surface area contributed by atoms with Crippen LogP contribution in [0.4, 0.5) is 0 Å². The van der Waals surface area contributed by atoms with Gasteiger partial charge in [0.15, 0.2) is 0 Å². The molecule has 0 aliphatic carbocycles. The molecule has 1 aromatic heterocycles. The van der Waals surface area contributed by atoms with Crippen molar-refractivity contribution in [1.82, 2.24) is 15.8 Å². The van der Waals surface area contributed by atoms with Crippen molar-refractivity contribution in [3.05, 3.63) is 94.7 Å². The summed E-state index contributed by atoms with van der Waals surface area (Å²) in [7, 11) is 0. The number of fused-ring (bicyclic) bond motifs is 1. The lowest BCUT2D eigenvalue weighted by Crippen LogP contribution is -2.16. The van der Waals surface area contributed by atoms with E-state index in [0.29, 0.717) is 6.61 Å². The summed E-state index contributed by atoms with van der Waals surface area (Å²) in [5, 5.41) is 13.2. The first-order chi connectivity index (χ1) is 17.4. The molecule has 0 aliphatic heterocycles. The third-order valence-corrected chi connectivity index (χ3v) is 5.93. The molecular formula is C30H37N3O3. The van der Waals surface area contributed by atoms with E-state index in [1.807, 2.05) is 30.3 Å². The number of carbonyl (C=O) groups excluding carboxylic acids is 1. The first-order valence-corrected chi connectivity index (χ1v) is 12.4. The molecule has 3 aromatic rings. The molecule has 0 atom stereocenters. The normalized spacial score (nSPS) is 11.7. The number of aromatic nitrogens is 1. The number of rotatable bonds is 13. The highest BCUT2D eigenvalue weighted by atomic mass is 16.5. The molecule has 190 valence electrons. The average molecular weight is 488 g/mol. The van der Waals surface area contributed by atoms with Gasteiger partial charge in [0.05, 0.1) is 0 Å². The fraction of sp³-hybridized carbons (Fsp3) is 0.300. The molecule has 6 heteroatoms. The Hall–Kier alpha value is -3.61. The molecule has 0 spiro atoms. The minimum atomic E-state index is -0.547. The number of benzene rings is 2. The second-order valence-electron chi connectivity index (χ2n) is 9.18. The van der Waals surface area contributed by atoms with Gasteiger partial charge in [-0.2, -0.15) is 0 Å². The quantitative estimate of drug-likeness (QED) is 0.0773. The predicted octanol–water partition coefficient (Wildman–Crippen LogP) is 6.09. The number of hydrogen-bond acceptors (Lipinski definition) is 4. The number of allylic oxidation sites excluding steroid dienone is 3. The van der Waals surface area contributed by atoms with E-state index in [4.69, 9.17) is 9.94 Å². The van der Waals surface area contributed by atoms with Gasteiger partial charge in [0.1, 0.15) is 12.4 Å². The molecule has 1 heterocycles.